The number of carbonyl (C=O) groups is 2. The molecular weight excluding hydrogens is 550 g/mol. The van der Waals surface area contributed by atoms with Gasteiger partial charge in [-0.1, -0.05) is 90.0 Å². The molecule has 2 N–H and O–H groups in total. The SMILES string of the molecule is CC.CC.CCC=O.CCCOCCC.CN=C(/C(NC=NCCN1CCC(C)CC1)=C(\C)C(=O)NCC(C)C)C(C)(C)C. The summed E-state index contributed by atoms with van der Waals surface area (Å²) in [7, 11) is 1.77. The lowest BCUT2D eigenvalue weighted by Gasteiger charge is -2.29. The molecule has 8 heteroatoms. The molecular formula is C36H75N5O3. The van der Waals surface area contributed by atoms with Crippen molar-refractivity contribution in [1.29, 1.82) is 0 Å². The Kier molecular flexibility index (Phi) is 37.5. The maximum absolute atomic E-state index is 12.6. The fraction of sp³-hybridized carbons (Fsp3) is 0.833. The van der Waals surface area contributed by atoms with Crippen LogP contribution in [-0.4, -0.2) is 82.1 Å². The Morgan fingerprint density at radius 1 is 1.02 bits per heavy atom. The predicted octanol–water partition coefficient (Wildman–Crippen LogP) is 7.97. The maximum atomic E-state index is 12.6. The molecule has 0 unspecified atom stereocenters. The molecule has 1 fully saturated rings. The second-order valence-corrected chi connectivity index (χ2v) is 11.8. The summed E-state index contributed by atoms with van der Waals surface area (Å²) in [5, 5.41) is 6.27. The molecule has 1 aliphatic rings. The van der Waals surface area contributed by atoms with Gasteiger partial charge in [-0.15, -0.1) is 0 Å². The van der Waals surface area contributed by atoms with Crippen molar-refractivity contribution in [1.82, 2.24) is 15.5 Å². The third-order valence-electron chi connectivity index (χ3n) is 6.14. The lowest BCUT2D eigenvalue weighted by atomic mass is 9.86. The molecule has 0 atom stereocenters. The molecule has 262 valence electrons. The third-order valence-corrected chi connectivity index (χ3v) is 6.14. The van der Waals surface area contributed by atoms with E-state index in [2.05, 4.69) is 80.9 Å². The highest BCUT2D eigenvalue weighted by atomic mass is 16.5. The summed E-state index contributed by atoms with van der Waals surface area (Å²) >= 11 is 0. The van der Waals surface area contributed by atoms with Crippen LogP contribution < -0.4 is 10.6 Å². The average molecular weight is 626 g/mol. The van der Waals surface area contributed by atoms with Crippen LogP contribution >= 0.6 is 0 Å². The predicted molar refractivity (Wildman–Crippen MR) is 195 cm³/mol. The smallest absolute Gasteiger partial charge is 0.249 e. The Hall–Kier alpha value is -2.06. The van der Waals surface area contributed by atoms with Crippen molar-refractivity contribution in [2.75, 3.05) is 53.0 Å². The van der Waals surface area contributed by atoms with Gasteiger partial charge in [-0.2, -0.15) is 0 Å². The van der Waals surface area contributed by atoms with Crippen molar-refractivity contribution in [3.63, 3.8) is 0 Å². The van der Waals surface area contributed by atoms with Crippen LogP contribution in [0.15, 0.2) is 21.3 Å². The number of nitrogens with one attached hydrogen (secondary N) is 2. The molecule has 1 saturated heterocycles. The summed E-state index contributed by atoms with van der Waals surface area (Å²) in [4.78, 5) is 33.3. The number of likely N-dealkylation sites (tertiary alicyclic amines) is 1. The number of amides is 1. The van der Waals surface area contributed by atoms with Gasteiger partial charge in [0.25, 0.3) is 0 Å². The van der Waals surface area contributed by atoms with Crippen LogP contribution in [0.4, 0.5) is 0 Å². The highest BCUT2D eigenvalue weighted by Crippen LogP contribution is 2.22. The Morgan fingerprint density at radius 3 is 1.91 bits per heavy atom. The van der Waals surface area contributed by atoms with Crippen molar-refractivity contribution in [2.45, 2.75) is 129 Å². The van der Waals surface area contributed by atoms with Crippen molar-refractivity contribution in [2.24, 2.45) is 27.2 Å². The Morgan fingerprint density at radius 2 is 1.52 bits per heavy atom. The number of aliphatic imine (C=N–C) groups is 2. The normalized spacial score (nSPS) is 14.4. The molecule has 0 saturated carbocycles. The van der Waals surface area contributed by atoms with Crippen LogP contribution in [-0.2, 0) is 14.3 Å². The largest absolute Gasteiger partial charge is 0.381 e. The molecule has 1 amide bonds. The molecule has 0 aromatic carbocycles. The standard InChI is InChI=1S/C23H43N5O.C6H14O.C3H6O.2C2H6/c1-17(2)15-26-22(29)19(4)20(21(24-8)23(5,6)7)27-16-25-11-14-28-12-9-18(3)10-13-28;1-3-5-7-6-4-2;1-2-3-4;2*1-2/h16-18H,9-15H2,1-8H3,(H,25,27)(H,26,29);3-6H2,1-2H3;3H,2H2,1H3;2*1-2H3/b20-19-,24-21?;;;;. The number of ether oxygens (including phenoxy) is 1. The van der Waals surface area contributed by atoms with Gasteiger partial charge in [-0.25, -0.2) is 0 Å². The Labute approximate surface area is 274 Å². The first-order valence-corrected chi connectivity index (χ1v) is 17.3. The van der Waals surface area contributed by atoms with Crippen LogP contribution in [0.1, 0.15) is 129 Å². The van der Waals surface area contributed by atoms with Gasteiger partial charge in [0, 0.05) is 50.8 Å². The minimum atomic E-state index is -0.186. The number of carbonyl (C=O) groups excluding carboxylic acids is 2. The molecule has 1 heterocycles. The molecule has 8 nitrogen and oxygen atoms in total. The molecule has 44 heavy (non-hydrogen) atoms. The van der Waals surface area contributed by atoms with Crippen LogP contribution in [0, 0.1) is 17.3 Å². The van der Waals surface area contributed by atoms with E-state index in [1.54, 1.807) is 13.4 Å². The molecule has 0 bridgehead atoms. The number of allylic oxidation sites excluding steroid dienone is 1. The number of aldehydes is 1. The van der Waals surface area contributed by atoms with E-state index < -0.39 is 0 Å². The average Bonchev–Trinajstić information content (AvgIpc) is 3.01. The first-order valence-electron chi connectivity index (χ1n) is 17.3. The number of hydrogen-bond acceptors (Lipinski definition) is 6. The van der Waals surface area contributed by atoms with Gasteiger partial charge in [-0.05, 0) is 57.5 Å². The fourth-order valence-electron chi connectivity index (χ4n) is 3.77. The van der Waals surface area contributed by atoms with Gasteiger partial charge in [-0.3, -0.25) is 14.8 Å². The van der Waals surface area contributed by atoms with Crippen LogP contribution in [0.5, 0.6) is 0 Å². The zero-order valence-electron chi connectivity index (χ0n) is 31.9. The summed E-state index contributed by atoms with van der Waals surface area (Å²) in [6, 6.07) is 0. The minimum absolute atomic E-state index is 0.0672. The van der Waals surface area contributed by atoms with E-state index in [0.717, 1.165) is 62.8 Å². The molecule has 0 aromatic rings. The summed E-state index contributed by atoms with van der Waals surface area (Å²) in [5.74, 6) is 1.19. The van der Waals surface area contributed by atoms with Gasteiger partial charge in [0.05, 0.1) is 24.3 Å². The molecule has 1 rings (SSSR count). The van der Waals surface area contributed by atoms with Crippen molar-refractivity contribution in [3.05, 3.63) is 11.3 Å². The third kappa shape index (κ3) is 28.7. The molecule has 0 aromatic heterocycles. The number of piperidine rings is 1. The zero-order valence-corrected chi connectivity index (χ0v) is 31.9. The monoisotopic (exact) mass is 626 g/mol. The second kappa shape index (κ2) is 33.8. The van der Waals surface area contributed by atoms with E-state index in [4.69, 9.17) is 4.74 Å². The molecule has 0 aliphatic carbocycles. The van der Waals surface area contributed by atoms with E-state index in [-0.39, 0.29) is 11.3 Å². The van der Waals surface area contributed by atoms with E-state index in [0.29, 0.717) is 24.5 Å². The first kappa shape index (κ1) is 48.8. The highest BCUT2D eigenvalue weighted by Gasteiger charge is 2.25. The van der Waals surface area contributed by atoms with Crippen LogP contribution in [0.2, 0.25) is 0 Å². The lowest BCUT2D eigenvalue weighted by molar-refractivity contribution is -0.117. The number of nitrogens with zero attached hydrogens (tertiary/aromatic N) is 3. The summed E-state index contributed by atoms with van der Waals surface area (Å²) in [6.07, 6.45) is 8.07. The zero-order chi connectivity index (χ0) is 35.0. The summed E-state index contributed by atoms with van der Waals surface area (Å²) in [5.41, 5.74) is 2.07. The number of hydrogen-bond donors (Lipinski definition) is 2. The van der Waals surface area contributed by atoms with Gasteiger partial charge < -0.3 is 25.1 Å². The van der Waals surface area contributed by atoms with Crippen LogP contribution in [0.25, 0.3) is 0 Å². The fourth-order valence-corrected chi connectivity index (χ4v) is 3.77. The van der Waals surface area contributed by atoms with E-state index in [9.17, 15) is 9.59 Å². The molecule has 0 radical (unpaired) electrons. The van der Waals surface area contributed by atoms with Gasteiger partial charge in [0.15, 0.2) is 0 Å². The molecule has 0 spiro atoms. The number of rotatable bonds is 14. The van der Waals surface area contributed by atoms with E-state index in [1.165, 1.54) is 25.9 Å². The van der Waals surface area contributed by atoms with Crippen molar-refractivity contribution < 1.29 is 14.3 Å². The minimum Gasteiger partial charge on any atom is -0.381 e. The Bertz CT molecular complexity index is 743. The van der Waals surface area contributed by atoms with Crippen LogP contribution in [0.3, 0.4) is 0 Å². The topological polar surface area (TPSA) is 95.4 Å². The van der Waals surface area contributed by atoms with Gasteiger partial charge >= 0.3 is 0 Å². The van der Waals surface area contributed by atoms with Gasteiger partial charge in [0.1, 0.15) is 6.29 Å². The van der Waals surface area contributed by atoms with Crippen molar-refractivity contribution >= 4 is 24.2 Å². The lowest BCUT2D eigenvalue weighted by Crippen LogP contribution is -2.36. The quantitative estimate of drug-likeness (QED) is 0.0671. The molecule has 1 aliphatic heterocycles. The summed E-state index contributed by atoms with van der Waals surface area (Å²) in [6.45, 7) is 35.3. The second-order valence-electron chi connectivity index (χ2n) is 11.8. The van der Waals surface area contributed by atoms with Crippen molar-refractivity contribution in [3.8, 4) is 0 Å². The highest BCUT2D eigenvalue weighted by molar-refractivity contribution is 6.10. The van der Waals surface area contributed by atoms with E-state index in [1.807, 2.05) is 41.5 Å². The summed E-state index contributed by atoms with van der Waals surface area (Å²) < 4.78 is 5.13. The Balaban J connectivity index is -0.000000444. The maximum Gasteiger partial charge on any atom is 0.249 e. The first-order chi connectivity index (χ1) is 20.9. The van der Waals surface area contributed by atoms with Gasteiger partial charge in [0.2, 0.25) is 5.91 Å². The van der Waals surface area contributed by atoms with E-state index >= 15 is 0 Å².